The van der Waals surface area contributed by atoms with Crippen molar-refractivity contribution in [2.45, 2.75) is 30.5 Å². The van der Waals surface area contributed by atoms with E-state index in [1.807, 2.05) is 0 Å². The molecule has 0 amide bonds. The van der Waals surface area contributed by atoms with Crippen molar-refractivity contribution < 1.29 is 44.9 Å². The van der Waals surface area contributed by atoms with E-state index in [0.717, 1.165) is 0 Å². The van der Waals surface area contributed by atoms with Gasteiger partial charge >= 0.3 is 6.16 Å². The normalized spacial score (nSPS) is 30.1. The first kappa shape index (κ1) is 17.6. The highest BCUT2D eigenvalue weighted by atomic mass is 17.0. The molecule has 1 aromatic carbocycles. The Hall–Kier alpha value is -2.21. The van der Waals surface area contributed by atoms with Crippen LogP contribution in [0.3, 0.4) is 0 Å². The van der Waals surface area contributed by atoms with Crippen molar-refractivity contribution in [3.63, 3.8) is 0 Å². The number of nitrogens with one attached hydrogen (secondary N) is 1. The Morgan fingerprint density at radius 3 is 2.48 bits per heavy atom. The van der Waals surface area contributed by atoms with E-state index in [4.69, 9.17) is 4.74 Å². The number of rotatable bonds is 3. The molecule has 1 aromatic rings. The van der Waals surface area contributed by atoms with Crippen LogP contribution in [0.15, 0.2) is 12.1 Å². The number of hydrogen-bond donors (Lipinski definition) is 7. The second-order valence-electron chi connectivity index (χ2n) is 5.74. The van der Waals surface area contributed by atoms with Gasteiger partial charge in [0.1, 0.15) is 18.3 Å². The van der Waals surface area contributed by atoms with Gasteiger partial charge in [0.05, 0.1) is 11.6 Å². The van der Waals surface area contributed by atoms with Crippen LogP contribution in [-0.2, 0) is 0 Å². The first-order valence-electron chi connectivity index (χ1n) is 7.31. The summed E-state index contributed by atoms with van der Waals surface area (Å²) < 4.78 is 9.37. The average Bonchev–Trinajstić information content (AvgIpc) is 2.87. The first-order valence-corrected chi connectivity index (χ1v) is 7.31. The number of hydrogen-bond acceptors (Lipinski definition) is 10. The smallest absolute Gasteiger partial charge is 0.504 e. The third kappa shape index (κ3) is 2.74. The van der Waals surface area contributed by atoms with Crippen molar-refractivity contribution in [2.75, 3.05) is 7.05 Å². The Morgan fingerprint density at radius 2 is 1.88 bits per heavy atom. The molecule has 0 saturated heterocycles. The van der Waals surface area contributed by atoms with Crippen molar-refractivity contribution in [1.29, 1.82) is 0 Å². The number of carbonyl (C=O) groups excluding carboxylic acids is 1. The van der Waals surface area contributed by atoms with Crippen molar-refractivity contribution >= 4 is 11.9 Å². The Morgan fingerprint density at radius 1 is 1.20 bits per heavy atom. The summed E-state index contributed by atoms with van der Waals surface area (Å²) in [5.41, 5.74) is -0.0239. The Bertz CT molecular complexity index is 745. The van der Waals surface area contributed by atoms with E-state index in [0.29, 0.717) is 6.29 Å². The van der Waals surface area contributed by atoms with Crippen LogP contribution in [0.5, 0.6) is 17.2 Å². The highest BCUT2D eigenvalue weighted by Crippen LogP contribution is 2.49. The van der Waals surface area contributed by atoms with Crippen LogP contribution in [0.25, 0.3) is 5.57 Å². The SMILES string of the molecule is CN[C@@H]1C(c2cc3c(c(O)c2C=O)OC(O)(O)O3)=C[C@H](O)C(O)C1O. The number of aldehydes is 1. The Kier molecular flexibility index (Phi) is 4.19. The average molecular weight is 355 g/mol. The van der Waals surface area contributed by atoms with Crippen molar-refractivity contribution in [1.82, 2.24) is 5.32 Å². The van der Waals surface area contributed by atoms with E-state index < -0.39 is 42.0 Å². The monoisotopic (exact) mass is 355 g/mol. The summed E-state index contributed by atoms with van der Waals surface area (Å²) in [5, 5.41) is 61.6. The van der Waals surface area contributed by atoms with Crippen LogP contribution in [0.1, 0.15) is 15.9 Å². The molecule has 0 radical (unpaired) electrons. The predicted octanol–water partition coefficient (Wildman–Crippen LogP) is -2.36. The number of phenolic OH excluding ortho intramolecular Hbond substituents is 1. The second kappa shape index (κ2) is 5.95. The summed E-state index contributed by atoms with van der Waals surface area (Å²) >= 11 is 0. The molecule has 1 heterocycles. The van der Waals surface area contributed by atoms with E-state index in [-0.39, 0.29) is 22.4 Å². The van der Waals surface area contributed by atoms with Crippen LogP contribution in [-0.4, -0.2) is 74.5 Å². The van der Waals surface area contributed by atoms with E-state index in [1.165, 1.54) is 19.2 Å². The summed E-state index contributed by atoms with van der Waals surface area (Å²) in [5.74, 6) is -1.39. The van der Waals surface area contributed by atoms with Gasteiger partial charge in [-0.1, -0.05) is 0 Å². The zero-order chi connectivity index (χ0) is 18.5. The van der Waals surface area contributed by atoms with Gasteiger partial charge in [-0.15, -0.1) is 0 Å². The van der Waals surface area contributed by atoms with Gasteiger partial charge in [0.15, 0.2) is 17.8 Å². The van der Waals surface area contributed by atoms with E-state index in [1.54, 1.807) is 0 Å². The molecule has 2 aliphatic rings. The lowest BCUT2D eigenvalue weighted by Gasteiger charge is -2.35. The van der Waals surface area contributed by atoms with Crippen LogP contribution in [0.4, 0.5) is 0 Å². The minimum absolute atomic E-state index is 0.0527. The number of phenols is 1. The summed E-state index contributed by atoms with van der Waals surface area (Å²) in [6.07, 6.45) is -5.75. The molecule has 3 rings (SSSR count). The Labute approximate surface area is 141 Å². The summed E-state index contributed by atoms with van der Waals surface area (Å²) in [6.45, 7) is 0. The Balaban J connectivity index is 2.19. The molecular formula is C15H17NO9. The van der Waals surface area contributed by atoms with Gasteiger partial charge in [-0.25, -0.2) is 0 Å². The number of benzene rings is 1. The minimum atomic E-state index is -3.00. The molecule has 1 aliphatic carbocycles. The molecule has 25 heavy (non-hydrogen) atoms. The maximum Gasteiger partial charge on any atom is 0.505 e. The molecule has 136 valence electrons. The minimum Gasteiger partial charge on any atom is -0.504 e. The fraction of sp³-hybridized carbons (Fsp3) is 0.400. The van der Waals surface area contributed by atoms with Crippen molar-refractivity contribution in [3.05, 3.63) is 23.3 Å². The van der Waals surface area contributed by atoms with Gasteiger partial charge in [-0.05, 0) is 30.3 Å². The molecule has 1 aliphatic heterocycles. The largest absolute Gasteiger partial charge is 0.505 e. The van der Waals surface area contributed by atoms with E-state index in [2.05, 4.69) is 10.1 Å². The molecule has 0 aromatic heterocycles. The lowest BCUT2D eigenvalue weighted by atomic mass is 9.82. The van der Waals surface area contributed by atoms with Crippen molar-refractivity contribution in [3.8, 4) is 17.2 Å². The summed E-state index contributed by atoms with van der Waals surface area (Å²) in [4.78, 5) is 11.5. The number of aromatic hydroxyl groups is 1. The molecule has 0 spiro atoms. The lowest BCUT2D eigenvalue weighted by Crippen LogP contribution is -2.52. The topological polar surface area (TPSA) is 169 Å². The highest BCUT2D eigenvalue weighted by Gasteiger charge is 2.43. The molecule has 0 bridgehead atoms. The third-order valence-electron chi connectivity index (χ3n) is 4.20. The van der Waals surface area contributed by atoms with Crippen LogP contribution >= 0.6 is 0 Å². The molecule has 2 unspecified atom stereocenters. The first-order chi connectivity index (χ1) is 11.7. The summed E-state index contributed by atoms with van der Waals surface area (Å²) in [6, 6.07) is 0.310. The number of aliphatic hydroxyl groups excluding tert-OH is 3. The van der Waals surface area contributed by atoms with Crippen LogP contribution < -0.4 is 14.8 Å². The van der Waals surface area contributed by atoms with Gasteiger partial charge in [-0.2, -0.15) is 0 Å². The zero-order valence-corrected chi connectivity index (χ0v) is 12.9. The molecule has 0 fully saturated rings. The number of aliphatic hydroxyl groups is 5. The molecule has 7 N–H and O–H groups in total. The fourth-order valence-electron chi connectivity index (χ4n) is 3.02. The second-order valence-corrected chi connectivity index (χ2v) is 5.74. The quantitative estimate of drug-likeness (QED) is 0.230. The van der Waals surface area contributed by atoms with Crippen molar-refractivity contribution in [2.24, 2.45) is 0 Å². The maximum atomic E-state index is 11.5. The maximum absolute atomic E-state index is 11.5. The highest BCUT2D eigenvalue weighted by molar-refractivity contribution is 5.93. The standard InChI is InChI=1S/C15H17NO9/c1-16-10-6(2-8(18)12(20)13(10)21)5-3-9-14(11(19)7(5)4-17)25-15(22,23)24-9/h2-4,8,10,12-13,16,18-23H,1H3/t8-,10+,12?,13?/m0/s1. The summed E-state index contributed by atoms with van der Waals surface area (Å²) in [7, 11) is 1.49. The van der Waals surface area contributed by atoms with Crippen LogP contribution in [0, 0.1) is 0 Å². The number of carbonyl (C=O) groups is 1. The fourth-order valence-corrected chi connectivity index (χ4v) is 3.02. The van der Waals surface area contributed by atoms with Gasteiger partial charge < -0.3 is 35.2 Å². The van der Waals surface area contributed by atoms with E-state index >= 15 is 0 Å². The van der Waals surface area contributed by atoms with Gasteiger partial charge in [-0.3, -0.25) is 15.0 Å². The van der Waals surface area contributed by atoms with Gasteiger partial charge in [0, 0.05) is 0 Å². The molecular weight excluding hydrogens is 338 g/mol. The van der Waals surface area contributed by atoms with Crippen LogP contribution in [0.2, 0.25) is 0 Å². The molecule has 0 saturated carbocycles. The number of likely N-dealkylation sites (N-methyl/N-ethyl adjacent to an activating group) is 1. The lowest BCUT2D eigenvalue weighted by molar-refractivity contribution is -0.385. The third-order valence-corrected chi connectivity index (χ3v) is 4.20. The van der Waals surface area contributed by atoms with Gasteiger partial charge in [0.25, 0.3) is 0 Å². The molecule has 4 atom stereocenters. The van der Waals surface area contributed by atoms with Gasteiger partial charge in [0.2, 0.25) is 5.75 Å². The number of fused-ring (bicyclic) bond motifs is 1. The molecule has 10 heteroatoms. The number of ether oxygens (including phenoxy) is 2. The zero-order valence-electron chi connectivity index (χ0n) is 12.9. The van der Waals surface area contributed by atoms with E-state index in [9.17, 15) is 35.4 Å². The predicted molar refractivity (Wildman–Crippen MR) is 80.8 cm³/mol. The molecule has 10 nitrogen and oxygen atoms in total.